The van der Waals surface area contributed by atoms with Gasteiger partial charge in [0.05, 0.1) is 5.69 Å². The highest BCUT2D eigenvalue weighted by atomic mass is 16.5. The zero-order valence-corrected chi connectivity index (χ0v) is 14.7. The topological polar surface area (TPSA) is 68.8 Å². The summed E-state index contributed by atoms with van der Waals surface area (Å²) in [5.74, 6) is 1.55. The molecule has 1 N–H and O–H groups in total. The first-order valence-corrected chi connectivity index (χ1v) is 8.81. The molecule has 130 valence electrons. The number of nitriles is 2. The summed E-state index contributed by atoms with van der Waals surface area (Å²) in [5.41, 5.74) is 1.09. The molecule has 0 spiro atoms. The van der Waals surface area contributed by atoms with Gasteiger partial charge in [-0.25, -0.2) is 0 Å². The van der Waals surface area contributed by atoms with Crippen LogP contribution in [0.3, 0.4) is 0 Å². The summed E-state index contributed by atoms with van der Waals surface area (Å²) in [6.45, 7) is 0. The minimum absolute atomic E-state index is 0.123. The lowest BCUT2D eigenvalue weighted by molar-refractivity contribution is 0.529. The fraction of sp³-hybridized carbons (Fsp3) is 0. The number of rotatable bonds is 0. The summed E-state index contributed by atoms with van der Waals surface area (Å²) in [6, 6.07) is 27.7. The molecule has 28 heavy (non-hydrogen) atoms. The third-order valence-electron chi connectivity index (χ3n) is 4.92. The number of ether oxygens (including phenoxy) is 1. The van der Waals surface area contributed by atoms with Gasteiger partial charge in [-0.1, -0.05) is 30.3 Å². The van der Waals surface area contributed by atoms with Crippen LogP contribution in [0.4, 0.5) is 5.69 Å². The first-order valence-electron chi connectivity index (χ1n) is 8.81. The van der Waals surface area contributed by atoms with Gasteiger partial charge in [0, 0.05) is 10.4 Å². The zero-order valence-electron chi connectivity index (χ0n) is 14.7. The lowest BCUT2D eigenvalue weighted by atomic mass is 10.0. The smallest absolute Gasteiger partial charge is 0.205 e. The van der Waals surface area contributed by atoms with Crippen molar-refractivity contribution in [3.63, 3.8) is 0 Å². The largest absolute Gasteiger partial charge is 0.438 e. The van der Waals surface area contributed by atoms with Gasteiger partial charge in [-0.3, -0.25) is 0 Å². The molecule has 1 aliphatic rings. The van der Waals surface area contributed by atoms with Crippen molar-refractivity contribution in [3.05, 3.63) is 83.2 Å². The highest BCUT2D eigenvalue weighted by Crippen LogP contribution is 2.32. The van der Waals surface area contributed by atoms with Crippen LogP contribution in [0, 0.1) is 22.7 Å². The fourth-order valence-corrected chi connectivity index (χ4v) is 3.50. The molecule has 1 heterocycles. The molecule has 4 aromatic rings. The van der Waals surface area contributed by atoms with E-state index >= 15 is 0 Å². The fourth-order valence-electron chi connectivity index (χ4n) is 3.50. The predicted octanol–water partition coefficient (Wildman–Crippen LogP) is 3.76. The average Bonchev–Trinajstić information content (AvgIpc) is 3.17. The quantitative estimate of drug-likeness (QED) is 0.485. The molecule has 1 aliphatic heterocycles. The van der Waals surface area contributed by atoms with Crippen LogP contribution >= 0.6 is 0 Å². The Morgan fingerprint density at radius 2 is 1.46 bits per heavy atom. The Morgan fingerprint density at radius 3 is 2.21 bits per heavy atom. The summed E-state index contributed by atoms with van der Waals surface area (Å²) >= 11 is 0. The molecule has 0 saturated carbocycles. The van der Waals surface area contributed by atoms with Crippen molar-refractivity contribution in [2.75, 3.05) is 5.32 Å². The number of anilines is 1. The maximum absolute atomic E-state index is 9.09. The number of hydrogen-bond donors (Lipinski definition) is 1. The SMILES string of the molecule is N#CC(C#N)=c1ccc2cc3c/c(=C4\Nc5ccccc5O4)ccc3cc2c1. The Balaban J connectivity index is 1.68. The second-order valence-electron chi connectivity index (χ2n) is 6.63. The monoisotopic (exact) mass is 359 g/mol. The molecule has 0 radical (unpaired) electrons. The molecular weight excluding hydrogens is 346 g/mol. The first-order chi connectivity index (χ1) is 13.7. The molecule has 0 aliphatic carbocycles. The molecule has 0 atom stereocenters. The van der Waals surface area contributed by atoms with Gasteiger partial charge in [0.1, 0.15) is 17.7 Å². The van der Waals surface area contributed by atoms with E-state index in [1.165, 1.54) is 0 Å². The van der Waals surface area contributed by atoms with Crippen LogP contribution in [0.25, 0.3) is 33.0 Å². The molecule has 0 saturated heterocycles. The Hall–Kier alpha value is -4.28. The van der Waals surface area contributed by atoms with Crippen LogP contribution in [-0.2, 0) is 0 Å². The summed E-state index contributed by atoms with van der Waals surface area (Å²) < 4.78 is 5.94. The molecule has 4 heteroatoms. The van der Waals surface area contributed by atoms with Crippen molar-refractivity contribution in [1.82, 2.24) is 0 Å². The number of hydrogen-bond acceptors (Lipinski definition) is 4. The first kappa shape index (κ1) is 15.9. The minimum Gasteiger partial charge on any atom is -0.438 e. The van der Waals surface area contributed by atoms with Crippen LogP contribution in [0.5, 0.6) is 5.75 Å². The predicted molar refractivity (Wildman–Crippen MR) is 109 cm³/mol. The molecular formula is C24H13N3O. The molecule has 0 unspecified atom stereocenters. The van der Waals surface area contributed by atoms with Crippen molar-refractivity contribution in [2.45, 2.75) is 0 Å². The van der Waals surface area contributed by atoms with E-state index in [1.54, 1.807) is 0 Å². The number of benzene rings is 4. The van der Waals surface area contributed by atoms with E-state index in [9.17, 15) is 0 Å². The normalized spacial score (nSPS) is 13.9. The van der Waals surface area contributed by atoms with Crippen molar-refractivity contribution in [2.24, 2.45) is 0 Å². The van der Waals surface area contributed by atoms with Gasteiger partial charge in [0.15, 0.2) is 5.75 Å². The maximum atomic E-state index is 9.09. The molecule has 0 fully saturated rings. The average molecular weight is 359 g/mol. The lowest BCUT2D eigenvalue weighted by Crippen LogP contribution is -2.12. The molecule has 4 aromatic carbocycles. The summed E-state index contributed by atoms with van der Waals surface area (Å²) in [6.07, 6.45) is 0. The Morgan fingerprint density at radius 1 is 0.750 bits per heavy atom. The second kappa shape index (κ2) is 6.16. The van der Waals surface area contributed by atoms with Gasteiger partial charge in [-0.15, -0.1) is 0 Å². The number of nitrogens with zero attached hydrogens (tertiary/aromatic N) is 2. The second-order valence-corrected chi connectivity index (χ2v) is 6.63. The molecule has 0 bridgehead atoms. The van der Waals surface area contributed by atoms with Crippen LogP contribution in [0.1, 0.15) is 0 Å². The number of fused-ring (bicyclic) bond motifs is 3. The molecule has 5 rings (SSSR count). The van der Waals surface area contributed by atoms with Crippen molar-refractivity contribution in [3.8, 4) is 17.9 Å². The van der Waals surface area contributed by atoms with Gasteiger partial charge in [-0.2, -0.15) is 10.5 Å². The van der Waals surface area contributed by atoms with Crippen LogP contribution in [0.15, 0.2) is 72.8 Å². The molecule has 0 amide bonds. The molecule has 4 nitrogen and oxygen atoms in total. The standard InChI is InChI=1S/C24H13N3O/c25-13-21(14-26)17-6-5-15-10-20-12-18(8-7-16(20)9-19(15)11-17)24-27-22-3-1-2-4-23(22)28-24/h1-12,27H/b24-18+. The van der Waals surface area contributed by atoms with E-state index in [2.05, 4.69) is 29.6 Å². The van der Waals surface area contributed by atoms with Gasteiger partial charge in [0.25, 0.3) is 0 Å². The van der Waals surface area contributed by atoms with E-state index in [1.807, 2.05) is 60.7 Å². The van der Waals surface area contributed by atoms with Gasteiger partial charge >= 0.3 is 0 Å². The Labute approximate surface area is 160 Å². The summed E-state index contributed by atoms with van der Waals surface area (Å²) in [4.78, 5) is 0. The third kappa shape index (κ3) is 2.53. The van der Waals surface area contributed by atoms with E-state index in [0.717, 1.165) is 44.1 Å². The lowest BCUT2D eigenvalue weighted by Gasteiger charge is -2.04. The molecule has 0 aromatic heterocycles. The van der Waals surface area contributed by atoms with E-state index < -0.39 is 0 Å². The highest BCUT2D eigenvalue weighted by Gasteiger charge is 2.15. The van der Waals surface area contributed by atoms with Crippen molar-refractivity contribution < 1.29 is 4.74 Å². The third-order valence-corrected chi connectivity index (χ3v) is 4.92. The van der Waals surface area contributed by atoms with Crippen molar-refractivity contribution >= 4 is 38.7 Å². The van der Waals surface area contributed by atoms with E-state index in [0.29, 0.717) is 5.22 Å². The summed E-state index contributed by atoms with van der Waals surface area (Å²) in [5, 5.41) is 27.3. The Bertz CT molecular complexity index is 1440. The maximum Gasteiger partial charge on any atom is 0.205 e. The van der Waals surface area contributed by atoms with Gasteiger partial charge in [0.2, 0.25) is 5.88 Å². The zero-order chi connectivity index (χ0) is 19.1. The summed E-state index contributed by atoms with van der Waals surface area (Å²) in [7, 11) is 0. The van der Waals surface area contributed by atoms with E-state index in [4.69, 9.17) is 15.3 Å². The van der Waals surface area contributed by atoms with Crippen LogP contribution in [0.2, 0.25) is 0 Å². The van der Waals surface area contributed by atoms with Crippen LogP contribution in [-0.4, -0.2) is 0 Å². The number of para-hydroxylation sites is 2. The van der Waals surface area contributed by atoms with Crippen molar-refractivity contribution in [1.29, 1.82) is 10.5 Å². The van der Waals surface area contributed by atoms with Crippen LogP contribution < -0.4 is 20.5 Å². The van der Waals surface area contributed by atoms with E-state index in [-0.39, 0.29) is 5.57 Å². The minimum atomic E-state index is 0.123. The Kier molecular flexibility index (Phi) is 3.50. The van der Waals surface area contributed by atoms with Gasteiger partial charge < -0.3 is 10.1 Å². The number of nitrogens with one attached hydrogen (secondary N) is 1. The highest BCUT2D eigenvalue weighted by molar-refractivity contribution is 5.98. The van der Waals surface area contributed by atoms with Gasteiger partial charge in [-0.05, 0) is 64.0 Å².